The van der Waals surface area contributed by atoms with Gasteiger partial charge in [0.15, 0.2) is 20.4 Å². The molecule has 1 unspecified atom stereocenters. The van der Waals surface area contributed by atoms with E-state index in [0.717, 1.165) is 30.6 Å². The van der Waals surface area contributed by atoms with Gasteiger partial charge in [0.05, 0.1) is 12.2 Å². The molecule has 0 saturated heterocycles. The third-order valence-electron chi connectivity index (χ3n) is 3.98. The van der Waals surface area contributed by atoms with Crippen LogP contribution in [0.1, 0.15) is 48.2 Å². The second-order valence-corrected chi connectivity index (χ2v) is 5.84. The molecule has 1 atom stereocenters. The molecule has 0 saturated carbocycles. The van der Waals surface area contributed by atoms with Crippen molar-refractivity contribution < 1.29 is 19.1 Å². The SMILES string of the molecule is [B]N1CCc2cc(OCC(=O)OCC)c(C(C)=O)cc2C(C)C1. The summed E-state index contributed by atoms with van der Waals surface area (Å²) in [6.45, 7) is 6.91. The Morgan fingerprint density at radius 1 is 1.39 bits per heavy atom. The zero-order valence-corrected chi connectivity index (χ0v) is 13.9. The van der Waals surface area contributed by atoms with Gasteiger partial charge in [-0.15, -0.1) is 0 Å². The summed E-state index contributed by atoms with van der Waals surface area (Å²) in [6, 6.07) is 3.74. The largest absolute Gasteiger partial charge is 0.481 e. The zero-order valence-electron chi connectivity index (χ0n) is 13.9. The van der Waals surface area contributed by atoms with Crippen LogP contribution in [0.3, 0.4) is 0 Å². The van der Waals surface area contributed by atoms with Crippen molar-refractivity contribution in [3.05, 3.63) is 28.8 Å². The van der Waals surface area contributed by atoms with Crippen LogP contribution in [0.5, 0.6) is 5.75 Å². The maximum absolute atomic E-state index is 11.9. The lowest BCUT2D eigenvalue weighted by Gasteiger charge is -2.19. The summed E-state index contributed by atoms with van der Waals surface area (Å²) >= 11 is 0. The number of carbonyl (C=O) groups excluding carboxylic acids is 2. The predicted molar refractivity (Wildman–Crippen MR) is 88.0 cm³/mol. The van der Waals surface area contributed by atoms with Crippen molar-refractivity contribution in [2.45, 2.75) is 33.1 Å². The van der Waals surface area contributed by atoms with Gasteiger partial charge in [0.1, 0.15) is 5.75 Å². The van der Waals surface area contributed by atoms with Gasteiger partial charge in [-0.1, -0.05) is 6.92 Å². The van der Waals surface area contributed by atoms with E-state index < -0.39 is 5.97 Å². The number of hydrogen-bond donors (Lipinski definition) is 0. The van der Waals surface area contributed by atoms with Crippen LogP contribution in [0.4, 0.5) is 0 Å². The zero-order chi connectivity index (χ0) is 17.0. The van der Waals surface area contributed by atoms with Crippen LogP contribution in [0.25, 0.3) is 0 Å². The number of carbonyl (C=O) groups is 2. The molecule has 0 aliphatic carbocycles. The molecule has 2 rings (SSSR count). The van der Waals surface area contributed by atoms with Crippen LogP contribution in [-0.2, 0) is 16.0 Å². The number of Topliss-reactive ketones (excluding diaryl/α,β-unsaturated/α-hetero) is 1. The smallest absolute Gasteiger partial charge is 0.344 e. The molecule has 2 radical (unpaired) electrons. The molecule has 1 aliphatic rings. The van der Waals surface area contributed by atoms with Crippen molar-refractivity contribution in [1.82, 2.24) is 4.81 Å². The Hall–Kier alpha value is -1.82. The average Bonchev–Trinajstić information content (AvgIpc) is 2.63. The Morgan fingerprint density at radius 2 is 2.13 bits per heavy atom. The summed E-state index contributed by atoms with van der Waals surface area (Å²) in [5.74, 6) is 0.128. The van der Waals surface area contributed by atoms with Gasteiger partial charge in [0.2, 0.25) is 0 Å². The molecule has 1 aromatic carbocycles. The van der Waals surface area contributed by atoms with Crippen molar-refractivity contribution in [3.8, 4) is 5.75 Å². The minimum Gasteiger partial charge on any atom is -0.481 e. The van der Waals surface area contributed by atoms with E-state index in [1.54, 1.807) is 11.7 Å². The van der Waals surface area contributed by atoms with Gasteiger partial charge in [0.25, 0.3) is 0 Å². The van der Waals surface area contributed by atoms with Crippen LogP contribution in [0.15, 0.2) is 12.1 Å². The first-order valence-electron chi connectivity index (χ1n) is 7.88. The first-order chi connectivity index (χ1) is 10.9. The second-order valence-electron chi connectivity index (χ2n) is 5.84. The minimum atomic E-state index is -0.446. The summed E-state index contributed by atoms with van der Waals surface area (Å²) in [5.41, 5.74) is 2.71. The molecule has 0 aromatic heterocycles. The molecule has 1 aliphatic heterocycles. The number of nitrogens with zero attached hydrogens (tertiary/aromatic N) is 1. The Kier molecular flexibility index (Phi) is 5.83. The summed E-state index contributed by atoms with van der Waals surface area (Å²) in [4.78, 5) is 25.2. The van der Waals surface area contributed by atoms with Crippen LogP contribution in [-0.4, -0.2) is 50.8 Å². The lowest BCUT2D eigenvalue weighted by molar-refractivity contribution is -0.145. The first kappa shape index (κ1) is 17.5. The van der Waals surface area contributed by atoms with Gasteiger partial charge in [-0.3, -0.25) is 4.79 Å². The lowest BCUT2D eigenvalue weighted by Crippen LogP contribution is -2.24. The molecule has 0 spiro atoms. The summed E-state index contributed by atoms with van der Waals surface area (Å²) in [6.07, 6.45) is 0.782. The van der Waals surface area contributed by atoms with Gasteiger partial charge >= 0.3 is 5.97 Å². The third kappa shape index (κ3) is 4.35. The van der Waals surface area contributed by atoms with Gasteiger partial charge in [-0.25, -0.2) is 4.79 Å². The predicted octanol–water partition coefficient (Wildman–Crippen LogP) is 1.88. The van der Waals surface area contributed by atoms with Crippen LogP contribution < -0.4 is 4.74 Å². The Labute approximate surface area is 138 Å². The molecule has 5 nitrogen and oxygen atoms in total. The van der Waals surface area contributed by atoms with E-state index in [2.05, 4.69) is 6.92 Å². The molecule has 6 heteroatoms. The number of benzene rings is 1. The molecule has 1 aromatic rings. The monoisotopic (exact) mass is 315 g/mol. The lowest BCUT2D eigenvalue weighted by atomic mass is 9.92. The molecule has 0 bridgehead atoms. The Balaban J connectivity index is 2.31. The number of ketones is 1. The fourth-order valence-corrected chi connectivity index (χ4v) is 2.85. The molecule has 122 valence electrons. The Morgan fingerprint density at radius 3 is 2.78 bits per heavy atom. The standard InChI is InChI=1S/C17H22BNO4/c1-4-22-17(21)10-23-16-7-13-5-6-19(18)9-11(2)14(13)8-15(16)12(3)20/h7-8,11H,4-6,9-10H2,1-3H3. The molecule has 0 N–H and O–H groups in total. The summed E-state index contributed by atoms with van der Waals surface area (Å²) in [7, 11) is 5.95. The number of hydrogen-bond acceptors (Lipinski definition) is 5. The normalized spacial score (nSPS) is 18.0. The molecular weight excluding hydrogens is 293 g/mol. The van der Waals surface area contributed by atoms with E-state index in [1.165, 1.54) is 6.92 Å². The highest BCUT2D eigenvalue weighted by Gasteiger charge is 2.22. The third-order valence-corrected chi connectivity index (χ3v) is 3.98. The van der Waals surface area contributed by atoms with Gasteiger partial charge in [-0.05, 0) is 62.5 Å². The quantitative estimate of drug-likeness (QED) is 0.472. The minimum absolute atomic E-state index is 0.0901. The first-order valence-corrected chi connectivity index (χ1v) is 7.88. The topological polar surface area (TPSA) is 55.8 Å². The summed E-state index contributed by atoms with van der Waals surface area (Å²) < 4.78 is 10.4. The van der Waals surface area contributed by atoms with E-state index in [1.807, 2.05) is 12.1 Å². The van der Waals surface area contributed by atoms with Crippen molar-refractivity contribution in [2.75, 3.05) is 26.3 Å². The number of esters is 1. The van der Waals surface area contributed by atoms with Gasteiger partial charge < -0.3 is 14.3 Å². The highest BCUT2D eigenvalue weighted by atomic mass is 16.6. The van der Waals surface area contributed by atoms with Crippen molar-refractivity contribution >= 4 is 19.7 Å². The van der Waals surface area contributed by atoms with Crippen molar-refractivity contribution in [2.24, 2.45) is 0 Å². The fourth-order valence-electron chi connectivity index (χ4n) is 2.85. The maximum atomic E-state index is 11.9. The second kappa shape index (κ2) is 7.64. The molecule has 1 heterocycles. The fraction of sp³-hybridized carbons (Fsp3) is 0.529. The van der Waals surface area contributed by atoms with E-state index >= 15 is 0 Å². The number of rotatable bonds is 5. The van der Waals surface area contributed by atoms with E-state index in [4.69, 9.17) is 17.5 Å². The number of fused-ring (bicyclic) bond motifs is 1. The Bertz CT molecular complexity index is 603. The maximum Gasteiger partial charge on any atom is 0.344 e. The van der Waals surface area contributed by atoms with Crippen LogP contribution >= 0.6 is 0 Å². The van der Waals surface area contributed by atoms with E-state index in [-0.39, 0.29) is 18.3 Å². The van der Waals surface area contributed by atoms with E-state index in [0.29, 0.717) is 17.9 Å². The number of ether oxygens (including phenoxy) is 2. The molecule has 0 amide bonds. The highest BCUT2D eigenvalue weighted by Crippen LogP contribution is 2.31. The highest BCUT2D eigenvalue weighted by molar-refractivity contribution is 6.04. The van der Waals surface area contributed by atoms with Crippen LogP contribution in [0.2, 0.25) is 0 Å². The van der Waals surface area contributed by atoms with Gasteiger partial charge in [-0.2, -0.15) is 0 Å². The average molecular weight is 315 g/mol. The van der Waals surface area contributed by atoms with Gasteiger partial charge in [0, 0.05) is 0 Å². The molecule has 0 fully saturated rings. The van der Waals surface area contributed by atoms with Crippen molar-refractivity contribution in [3.63, 3.8) is 0 Å². The van der Waals surface area contributed by atoms with Crippen molar-refractivity contribution in [1.29, 1.82) is 0 Å². The molecule has 23 heavy (non-hydrogen) atoms. The molecular formula is C17H22BNO4. The van der Waals surface area contributed by atoms with Crippen LogP contribution in [0, 0.1) is 0 Å². The van der Waals surface area contributed by atoms with E-state index in [9.17, 15) is 9.59 Å². The summed E-state index contributed by atoms with van der Waals surface area (Å²) in [5, 5.41) is 0.